The highest BCUT2D eigenvalue weighted by atomic mass is 16.7. The summed E-state index contributed by atoms with van der Waals surface area (Å²) in [5.74, 6) is 2.74. The van der Waals surface area contributed by atoms with E-state index in [2.05, 4.69) is 15.3 Å². The van der Waals surface area contributed by atoms with E-state index in [9.17, 15) is 4.79 Å². The Morgan fingerprint density at radius 3 is 2.58 bits per heavy atom. The molecule has 4 aromatic rings. The Balaban J connectivity index is 1.29. The van der Waals surface area contributed by atoms with E-state index in [1.165, 1.54) is 6.33 Å². The molecule has 8 heteroatoms. The van der Waals surface area contributed by atoms with Crippen molar-refractivity contribution in [3.05, 3.63) is 84.7 Å². The molecule has 1 aliphatic rings. The third-order valence-electron chi connectivity index (χ3n) is 4.98. The molecule has 5 rings (SSSR count). The summed E-state index contributed by atoms with van der Waals surface area (Å²) in [6.07, 6.45) is 1.44. The van der Waals surface area contributed by atoms with Crippen LogP contribution >= 0.6 is 0 Å². The first kappa shape index (κ1) is 20.3. The fourth-order valence-corrected chi connectivity index (χ4v) is 3.31. The van der Waals surface area contributed by atoms with Crippen LogP contribution in [-0.4, -0.2) is 29.8 Å². The van der Waals surface area contributed by atoms with Gasteiger partial charge < -0.3 is 24.3 Å². The summed E-state index contributed by atoms with van der Waals surface area (Å²) < 4.78 is 21.7. The molecule has 164 valence electrons. The molecule has 0 fully saturated rings. The third kappa shape index (κ3) is 4.54. The van der Waals surface area contributed by atoms with Crippen LogP contribution in [0.4, 0.5) is 5.69 Å². The van der Waals surface area contributed by atoms with Crippen LogP contribution < -0.4 is 24.3 Å². The number of hydrogen-bond donors (Lipinski definition) is 1. The molecule has 0 bridgehead atoms. The molecule has 0 atom stereocenters. The number of hydrogen-bond acceptors (Lipinski definition) is 7. The molecule has 0 aliphatic carbocycles. The number of fused-ring (bicyclic) bond motifs is 1. The molecule has 0 spiro atoms. The monoisotopic (exact) mass is 441 g/mol. The summed E-state index contributed by atoms with van der Waals surface area (Å²) in [6.45, 7) is 0.184. The number of amides is 1. The van der Waals surface area contributed by atoms with Crippen molar-refractivity contribution >= 4 is 11.6 Å². The van der Waals surface area contributed by atoms with Crippen LogP contribution in [0.3, 0.4) is 0 Å². The lowest BCUT2D eigenvalue weighted by Gasteiger charge is -2.09. The summed E-state index contributed by atoms with van der Waals surface area (Å²) in [5.41, 5.74) is 2.64. The number of ether oxygens (including phenoxy) is 4. The molecule has 1 N–H and O–H groups in total. The maximum Gasteiger partial charge on any atom is 0.255 e. The quantitative estimate of drug-likeness (QED) is 0.454. The fraction of sp³-hybridized carbons (Fsp3) is 0.0800. The predicted octanol–water partition coefficient (Wildman–Crippen LogP) is 4.93. The molecular formula is C25H19N3O5. The van der Waals surface area contributed by atoms with Crippen molar-refractivity contribution in [3.8, 4) is 40.1 Å². The number of carbonyl (C=O) groups excluding carboxylic acids is 1. The largest absolute Gasteiger partial charge is 0.497 e. The lowest BCUT2D eigenvalue weighted by molar-refractivity contribution is 0.102. The fourth-order valence-electron chi connectivity index (χ4n) is 3.31. The zero-order valence-electron chi connectivity index (χ0n) is 17.6. The number of benzene rings is 3. The van der Waals surface area contributed by atoms with E-state index < -0.39 is 0 Å². The minimum Gasteiger partial charge on any atom is -0.497 e. The Morgan fingerprint density at radius 1 is 0.909 bits per heavy atom. The lowest BCUT2D eigenvalue weighted by atomic mass is 10.1. The summed E-state index contributed by atoms with van der Waals surface area (Å²) >= 11 is 0. The van der Waals surface area contributed by atoms with Gasteiger partial charge in [-0.1, -0.05) is 18.2 Å². The van der Waals surface area contributed by atoms with Crippen LogP contribution in [0.5, 0.6) is 28.9 Å². The van der Waals surface area contributed by atoms with Crippen molar-refractivity contribution < 1.29 is 23.7 Å². The van der Waals surface area contributed by atoms with Crippen LogP contribution in [0.2, 0.25) is 0 Å². The molecule has 1 amide bonds. The topological polar surface area (TPSA) is 91.8 Å². The van der Waals surface area contributed by atoms with Crippen molar-refractivity contribution in [2.24, 2.45) is 0 Å². The standard InChI is InChI=1S/C25H19N3O5/c1-30-19-3-2-4-20(12-19)33-24-13-21(26-14-27-24)16-5-7-17(8-6-16)25(29)28-18-9-10-22-23(11-18)32-15-31-22/h2-14H,15H2,1H3,(H,28,29). The molecule has 1 aliphatic heterocycles. The second kappa shape index (κ2) is 8.88. The molecule has 2 heterocycles. The van der Waals surface area contributed by atoms with Gasteiger partial charge in [-0.15, -0.1) is 0 Å². The number of nitrogens with zero attached hydrogens (tertiary/aromatic N) is 2. The first-order valence-corrected chi connectivity index (χ1v) is 10.1. The Morgan fingerprint density at radius 2 is 1.73 bits per heavy atom. The first-order valence-electron chi connectivity index (χ1n) is 10.1. The lowest BCUT2D eigenvalue weighted by Crippen LogP contribution is -2.11. The average molecular weight is 441 g/mol. The maximum absolute atomic E-state index is 12.6. The highest BCUT2D eigenvalue weighted by Crippen LogP contribution is 2.34. The van der Waals surface area contributed by atoms with Gasteiger partial charge in [0.25, 0.3) is 5.91 Å². The van der Waals surface area contributed by atoms with Gasteiger partial charge in [0.05, 0.1) is 12.8 Å². The van der Waals surface area contributed by atoms with Crippen molar-refractivity contribution in [1.82, 2.24) is 9.97 Å². The molecule has 0 radical (unpaired) electrons. The van der Waals surface area contributed by atoms with E-state index in [0.29, 0.717) is 45.8 Å². The molecule has 8 nitrogen and oxygen atoms in total. The van der Waals surface area contributed by atoms with Crippen LogP contribution in [0, 0.1) is 0 Å². The second-order valence-electron chi connectivity index (χ2n) is 7.12. The van der Waals surface area contributed by atoms with Gasteiger partial charge in [0.1, 0.15) is 17.8 Å². The van der Waals surface area contributed by atoms with Gasteiger partial charge in [-0.25, -0.2) is 9.97 Å². The number of methoxy groups -OCH3 is 1. The molecule has 33 heavy (non-hydrogen) atoms. The summed E-state index contributed by atoms with van der Waals surface area (Å²) in [6, 6.07) is 21.4. The Labute approximate surface area is 189 Å². The van der Waals surface area contributed by atoms with Gasteiger partial charge in [0, 0.05) is 35.0 Å². The summed E-state index contributed by atoms with van der Waals surface area (Å²) in [7, 11) is 1.60. The number of rotatable bonds is 6. The number of carbonyl (C=O) groups is 1. The van der Waals surface area contributed by atoms with Gasteiger partial charge in [-0.3, -0.25) is 4.79 Å². The Bertz CT molecular complexity index is 1310. The van der Waals surface area contributed by atoms with Gasteiger partial charge in [0.2, 0.25) is 12.7 Å². The third-order valence-corrected chi connectivity index (χ3v) is 4.98. The normalized spacial score (nSPS) is 11.7. The number of nitrogens with one attached hydrogen (secondary N) is 1. The van der Waals surface area contributed by atoms with Crippen LogP contribution in [0.1, 0.15) is 10.4 Å². The minimum atomic E-state index is -0.231. The Hall–Kier alpha value is -4.59. The van der Waals surface area contributed by atoms with E-state index in [1.54, 1.807) is 49.6 Å². The van der Waals surface area contributed by atoms with Crippen LogP contribution in [0.25, 0.3) is 11.3 Å². The zero-order chi connectivity index (χ0) is 22.6. The van der Waals surface area contributed by atoms with Crippen molar-refractivity contribution in [1.29, 1.82) is 0 Å². The van der Waals surface area contributed by atoms with E-state index in [-0.39, 0.29) is 12.7 Å². The summed E-state index contributed by atoms with van der Waals surface area (Å²) in [5, 5.41) is 2.86. The van der Waals surface area contributed by atoms with Crippen molar-refractivity contribution in [3.63, 3.8) is 0 Å². The zero-order valence-corrected chi connectivity index (χ0v) is 17.6. The number of anilines is 1. The van der Waals surface area contributed by atoms with E-state index in [0.717, 1.165) is 5.56 Å². The molecule has 0 unspecified atom stereocenters. The van der Waals surface area contributed by atoms with Crippen LogP contribution in [0.15, 0.2) is 79.1 Å². The Kier molecular flexibility index (Phi) is 5.47. The van der Waals surface area contributed by atoms with E-state index in [4.69, 9.17) is 18.9 Å². The van der Waals surface area contributed by atoms with Gasteiger partial charge in [-0.05, 0) is 36.4 Å². The molecule has 3 aromatic carbocycles. The van der Waals surface area contributed by atoms with Gasteiger partial charge in [-0.2, -0.15) is 0 Å². The van der Waals surface area contributed by atoms with Gasteiger partial charge in [0.15, 0.2) is 11.5 Å². The first-order chi connectivity index (χ1) is 16.2. The number of aromatic nitrogens is 2. The predicted molar refractivity (Wildman–Crippen MR) is 121 cm³/mol. The maximum atomic E-state index is 12.6. The molecule has 0 saturated heterocycles. The highest BCUT2D eigenvalue weighted by Gasteiger charge is 2.15. The molecular weight excluding hydrogens is 422 g/mol. The van der Waals surface area contributed by atoms with E-state index >= 15 is 0 Å². The summed E-state index contributed by atoms with van der Waals surface area (Å²) in [4.78, 5) is 21.1. The minimum absolute atomic E-state index is 0.184. The SMILES string of the molecule is COc1cccc(Oc2cc(-c3ccc(C(=O)Nc4ccc5c(c4)OCO5)cc3)ncn2)c1. The smallest absolute Gasteiger partial charge is 0.255 e. The average Bonchev–Trinajstić information content (AvgIpc) is 3.32. The second-order valence-corrected chi connectivity index (χ2v) is 7.12. The van der Waals surface area contributed by atoms with Crippen molar-refractivity contribution in [2.45, 2.75) is 0 Å². The molecule has 0 saturated carbocycles. The van der Waals surface area contributed by atoms with Gasteiger partial charge >= 0.3 is 0 Å². The van der Waals surface area contributed by atoms with Crippen molar-refractivity contribution in [2.75, 3.05) is 19.2 Å². The molecule has 1 aromatic heterocycles. The highest BCUT2D eigenvalue weighted by molar-refractivity contribution is 6.04. The van der Waals surface area contributed by atoms with E-state index in [1.807, 2.05) is 30.3 Å². The van der Waals surface area contributed by atoms with Crippen LogP contribution in [-0.2, 0) is 0 Å².